The second-order valence-corrected chi connectivity index (χ2v) is 8.56. The molecule has 5 heteroatoms. The first kappa shape index (κ1) is 20.0. The van der Waals surface area contributed by atoms with Crippen LogP contribution in [-0.2, 0) is 4.79 Å². The molecule has 0 radical (unpaired) electrons. The number of hydrogen-bond donors (Lipinski definition) is 0. The predicted molar refractivity (Wildman–Crippen MR) is 113 cm³/mol. The van der Waals surface area contributed by atoms with E-state index in [0.29, 0.717) is 15.8 Å². The number of amides is 1. The van der Waals surface area contributed by atoms with Gasteiger partial charge in [0.15, 0.2) is 5.78 Å². The van der Waals surface area contributed by atoms with Gasteiger partial charge >= 0.3 is 0 Å². The van der Waals surface area contributed by atoms with Gasteiger partial charge in [0, 0.05) is 47.5 Å². The maximum Gasteiger partial charge on any atom is 0.223 e. The third kappa shape index (κ3) is 5.36. The van der Waals surface area contributed by atoms with Crippen molar-refractivity contribution in [3.05, 3.63) is 70.2 Å². The van der Waals surface area contributed by atoms with Crippen molar-refractivity contribution >= 4 is 35.1 Å². The van der Waals surface area contributed by atoms with Gasteiger partial charge in [0.25, 0.3) is 0 Å². The Kier molecular flexibility index (Phi) is 6.97. The molecule has 2 aromatic carbocycles. The van der Waals surface area contributed by atoms with Gasteiger partial charge in [-0.05, 0) is 48.7 Å². The van der Waals surface area contributed by atoms with E-state index in [1.54, 1.807) is 24.3 Å². The summed E-state index contributed by atoms with van der Waals surface area (Å²) in [4.78, 5) is 26.8. The highest BCUT2D eigenvalue weighted by Crippen LogP contribution is 2.36. The highest BCUT2D eigenvalue weighted by atomic mass is 35.5. The fraction of sp³-hybridized carbons (Fsp3) is 0.364. The quantitative estimate of drug-likeness (QED) is 0.636. The molecule has 1 atom stereocenters. The van der Waals surface area contributed by atoms with Crippen molar-refractivity contribution in [2.75, 3.05) is 18.8 Å². The Morgan fingerprint density at radius 1 is 1.07 bits per heavy atom. The number of carbonyl (C=O) groups excluding carboxylic acids is 2. The second kappa shape index (κ2) is 9.43. The van der Waals surface area contributed by atoms with E-state index in [1.165, 1.54) is 11.1 Å². The number of nitrogens with zero attached hydrogens (tertiary/aromatic N) is 1. The maximum atomic E-state index is 12.6. The Morgan fingerprint density at radius 2 is 1.81 bits per heavy atom. The Labute approximate surface area is 170 Å². The third-order valence-corrected chi connectivity index (χ3v) is 6.52. The standard InChI is InChI=1S/C22H24ClNO2S/c1-16-4-2-3-5-19(16)21-12-13-24(14-15-27-21)22(26)11-10-20(25)17-6-8-18(23)9-7-17/h2-9,21H,10-15H2,1H3/t21-/m1/s1. The molecule has 2 aromatic rings. The van der Waals surface area contributed by atoms with Gasteiger partial charge in [0.05, 0.1) is 0 Å². The molecule has 0 bridgehead atoms. The summed E-state index contributed by atoms with van der Waals surface area (Å²) >= 11 is 7.77. The third-order valence-electron chi connectivity index (χ3n) is 4.96. The molecule has 142 valence electrons. The SMILES string of the molecule is Cc1ccccc1[C@H]1CCN(C(=O)CCC(=O)c2ccc(Cl)cc2)CCS1. The van der Waals surface area contributed by atoms with Crippen LogP contribution in [0.1, 0.15) is 46.0 Å². The van der Waals surface area contributed by atoms with Crippen LogP contribution < -0.4 is 0 Å². The van der Waals surface area contributed by atoms with E-state index in [-0.39, 0.29) is 24.5 Å². The average Bonchev–Trinajstić information content (AvgIpc) is 2.93. The molecule has 0 aliphatic carbocycles. The lowest BCUT2D eigenvalue weighted by atomic mass is 10.0. The highest BCUT2D eigenvalue weighted by Gasteiger charge is 2.23. The Balaban J connectivity index is 1.53. The minimum atomic E-state index is -0.0120. The molecular formula is C22H24ClNO2S. The number of carbonyl (C=O) groups is 2. The van der Waals surface area contributed by atoms with Gasteiger partial charge in [-0.2, -0.15) is 11.8 Å². The monoisotopic (exact) mass is 401 g/mol. The number of benzene rings is 2. The van der Waals surface area contributed by atoms with Crippen molar-refractivity contribution in [2.24, 2.45) is 0 Å². The molecule has 27 heavy (non-hydrogen) atoms. The number of rotatable bonds is 5. The predicted octanol–water partition coefficient (Wildman–Crippen LogP) is 5.32. The van der Waals surface area contributed by atoms with Crippen molar-refractivity contribution < 1.29 is 9.59 Å². The van der Waals surface area contributed by atoms with Crippen LogP contribution in [0, 0.1) is 6.92 Å². The molecule has 1 fully saturated rings. The molecule has 1 aliphatic heterocycles. The summed E-state index contributed by atoms with van der Waals surface area (Å²) in [7, 11) is 0. The fourth-order valence-electron chi connectivity index (χ4n) is 3.37. The van der Waals surface area contributed by atoms with Crippen LogP contribution in [0.2, 0.25) is 5.02 Å². The van der Waals surface area contributed by atoms with Gasteiger partial charge in [-0.3, -0.25) is 9.59 Å². The van der Waals surface area contributed by atoms with Crippen molar-refractivity contribution in [1.82, 2.24) is 4.90 Å². The van der Waals surface area contributed by atoms with Gasteiger partial charge in [-0.25, -0.2) is 0 Å². The summed E-state index contributed by atoms with van der Waals surface area (Å²) in [6, 6.07) is 15.3. The molecule has 1 saturated heterocycles. The van der Waals surface area contributed by atoms with E-state index in [1.807, 2.05) is 16.7 Å². The van der Waals surface area contributed by atoms with Crippen LogP contribution in [0.25, 0.3) is 0 Å². The topological polar surface area (TPSA) is 37.4 Å². The first-order chi connectivity index (χ1) is 13.0. The van der Waals surface area contributed by atoms with Gasteiger partial charge in [0.2, 0.25) is 5.91 Å². The van der Waals surface area contributed by atoms with E-state index in [4.69, 9.17) is 11.6 Å². The number of hydrogen-bond acceptors (Lipinski definition) is 3. The zero-order valence-electron chi connectivity index (χ0n) is 15.5. The molecule has 0 unspecified atom stereocenters. The first-order valence-electron chi connectivity index (χ1n) is 9.28. The number of aryl methyl sites for hydroxylation is 1. The van der Waals surface area contributed by atoms with Gasteiger partial charge in [-0.1, -0.05) is 35.9 Å². The molecule has 0 N–H and O–H groups in total. The smallest absolute Gasteiger partial charge is 0.223 e. The lowest BCUT2D eigenvalue weighted by Gasteiger charge is -2.20. The summed E-state index contributed by atoms with van der Waals surface area (Å²) in [6.07, 6.45) is 1.46. The number of ketones is 1. The molecule has 0 aromatic heterocycles. The first-order valence-corrected chi connectivity index (χ1v) is 10.7. The fourth-order valence-corrected chi connectivity index (χ4v) is 4.83. The average molecular weight is 402 g/mol. The maximum absolute atomic E-state index is 12.6. The molecule has 1 amide bonds. The van der Waals surface area contributed by atoms with Crippen molar-refractivity contribution in [3.63, 3.8) is 0 Å². The molecule has 1 aliphatic rings. The molecule has 0 saturated carbocycles. The highest BCUT2D eigenvalue weighted by molar-refractivity contribution is 7.99. The van der Waals surface area contributed by atoms with Crippen LogP contribution in [0.4, 0.5) is 0 Å². The summed E-state index contributed by atoms with van der Waals surface area (Å²) < 4.78 is 0. The largest absolute Gasteiger partial charge is 0.342 e. The van der Waals surface area contributed by atoms with Crippen molar-refractivity contribution in [2.45, 2.75) is 31.4 Å². The molecule has 3 rings (SSSR count). The van der Waals surface area contributed by atoms with Crippen LogP contribution in [0.15, 0.2) is 48.5 Å². The molecule has 1 heterocycles. The number of halogens is 1. The summed E-state index contributed by atoms with van der Waals surface area (Å²) in [5.74, 6) is 0.987. The Hall–Kier alpha value is -1.78. The Bertz CT molecular complexity index is 806. The molecule has 3 nitrogen and oxygen atoms in total. The minimum Gasteiger partial charge on any atom is -0.342 e. The van der Waals surface area contributed by atoms with Gasteiger partial charge in [-0.15, -0.1) is 0 Å². The van der Waals surface area contributed by atoms with Gasteiger partial charge < -0.3 is 4.90 Å². The molecule has 0 spiro atoms. The second-order valence-electron chi connectivity index (χ2n) is 6.82. The van der Waals surface area contributed by atoms with Crippen molar-refractivity contribution in [1.29, 1.82) is 0 Å². The number of Topliss-reactive ketones (excluding diaryl/α,β-unsaturated/α-hetero) is 1. The van der Waals surface area contributed by atoms with Crippen LogP contribution >= 0.6 is 23.4 Å². The summed E-state index contributed by atoms with van der Waals surface area (Å²) in [6.45, 7) is 3.65. The lowest BCUT2D eigenvalue weighted by molar-refractivity contribution is -0.130. The summed E-state index contributed by atoms with van der Waals surface area (Å²) in [5, 5.41) is 1.03. The van der Waals surface area contributed by atoms with E-state index in [9.17, 15) is 9.59 Å². The minimum absolute atomic E-state index is 0.0120. The lowest BCUT2D eigenvalue weighted by Crippen LogP contribution is -2.33. The zero-order valence-corrected chi connectivity index (χ0v) is 17.1. The van der Waals surface area contributed by atoms with E-state index in [2.05, 4.69) is 31.2 Å². The van der Waals surface area contributed by atoms with E-state index < -0.39 is 0 Å². The molecular weight excluding hydrogens is 378 g/mol. The summed E-state index contributed by atoms with van der Waals surface area (Å²) in [5.41, 5.74) is 3.29. The Morgan fingerprint density at radius 3 is 2.56 bits per heavy atom. The van der Waals surface area contributed by atoms with Crippen LogP contribution in [0.5, 0.6) is 0 Å². The van der Waals surface area contributed by atoms with E-state index >= 15 is 0 Å². The van der Waals surface area contributed by atoms with Gasteiger partial charge in [0.1, 0.15) is 0 Å². The number of thioether (sulfide) groups is 1. The van der Waals surface area contributed by atoms with E-state index in [0.717, 1.165) is 25.3 Å². The van der Waals surface area contributed by atoms with Crippen molar-refractivity contribution in [3.8, 4) is 0 Å². The van der Waals surface area contributed by atoms with Crippen LogP contribution in [0.3, 0.4) is 0 Å². The normalized spacial score (nSPS) is 17.4. The zero-order chi connectivity index (χ0) is 19.2. The van der Waals surface area contributed by atoms with Crippen LogP contribution in [-0.4, -0.2) is 35.4 Å².